The van der Waals surface area contributed by atoms with E-state index < -0.39 is 46.5 Å². The molecule has 0 unspecified atom stereocenters. The van der Waals surface area contributed by atoms with E-state index in [1.807, 2.05) is 26.8 Å². The first-order valence-corrected chi connectivity index (χ1v) is 13.8. The number of pyridine rings is 1. The van der Waals surface area contributed by atoms with Gasteiger partial charge in [0.15, 0.2) is 12.2 Å². The highest BCUT2D eigenvalue weighted by Gasteiger charge is 2.69. The number of carbonyl (C=O) groups excluding carboxylic acids is 3. The molecule has 41 heavy (non-hydrogen) atoms. The molecule has 0 radical (unpaired) electrons. The minimum absolute atomic E-state index is 0.145. The number of benzene rings is 1. The maximum absolute atomic E-state index is 13.5. The van der Waals surface area contributed by atoms with Crippen LogP contribution in [-0.2, 0) is 19.0 Å². The Morgan fingerprint density at radius 1 is 1.02 bits per heavy atom. The number of hydrogen-bond acceptors (Lipinski definition) is 8. The minimum atomic E-state index is -1.69. The Labute approximate surface area is 239 Å². The van der Waals surface area contributed by atoms with Crippen LogP contribution in [-0.4, -0.2) is 52.4 Å². The average molecular weight is 558 g/mol. The van der Waals surface area contributed by atoms with E-state index >= 15 is 0 Å². The molecule has 1 saturated carbocycles. The van der Waals surface area contributed by atoms with Crippen LogP contribution in [0.3, 0.4) is 0 Å². The van der Waals surface area contributed by atoms with E-state index in [4.69, 9.17) is 14.2 Å². The van der Waals surface area contributed by atoms with Crippen LogP contribution in [0.5, 0.6) is 0 Å². The molecule has 1 N–H and O–H groups in total. The third kappa shape index (κ3) is 4.90. The number of fused-ring (bicyclic) bond motifs is 1. The van der Waals surface area contributed by atoms with E-state index in [2.05, 4.69) is 11.1 Å². The van der Waals surface area contributed by atoms with Gasteiger partial charge in [-0.15, -0.1) is 0 Å². The summed E-state index contributed by atoms with van der Waals surface area (Å²) in [6.45, 7) is 7.71. The number of nitrogens with zero attached hydrogens (tertiary/aromatic N) is 1. The summed E-state index contributed by atoms with van der Waals surface area (Å²) < 4.78 is 17.5. The SMILES string of the molecule is CC1=CCC[C@H]2[C@@]1(C)[C@@H](OC(=O)c1cccnc1)[C@H](OC(=O)c1ccccc1)[C@](C)(O)[C@@]2(C)/C=C/C1=CC(=O)OC1. The number of hydrogen-bond donors (Lipinski definition) is 1. The average Bonchev–Trinajstić information content (AvgIpc) is 3.39. The second kappa shape index (κ2) is 10.7. The van der Waals surface area contributed by atoms with Crippen molar-refractivity contribution >= 4 is 17.9 Å². The number of allylic oxidation sites excluding steroid dienone is 1. The maximum atomic E-state index is 13.5. The van der Waals surface area contributed by atoms with Crippen LogP contribution in [0.15, 0.2) is 90.3 Å². The molecule has 1 fully saturated rings. The summed E-state index contributed by atoms with van der Waals surface area (Å²) in [6.07, 6.45) is 9.42. The summed E-state index contributed by atoms with van der Waals surface area (Å²) in [6, 6.07) is 11.8. The molecule has 3 aliphatic rings. The zero-order valence-electron chi connectivity index (χ0n) is 23.7. The third-order valence-corrected chi connectivity index (χ3v) is 9.42. The van der Waals surface area contributed by atoms with Crippen molar-refractivity contribution in [3.63, 3.8) is 0 Å². The molecule has 2 aliphatic carbocycles. The Morgan fingerprint density at radius 2 is 1.71 bits per heavy atom. The Balaban J connectivity index is 1.64. The van der Waals surface area contributed by atoms with E-state index in [0.717, 1.165) is 12.0 Å². The van der Waals surface area contributed by atoms with Gasteiger partial charge in [-0.1, -0.05) is 55.8 Å². The highest BCUT2D eigenvalue weighted by Crippen LogP contribution is 2.63. The van der Waals surface area contributed by atoms with Gasteiger partial charge in [-0.3, -0.25) is 4.98 Å². The van der Waals surface area contributed by atoms with Crippen LogP contribution in [0.2, 0.25) is 0 Å². The van der Waals surface area contributed by atoms with Crippen LogP contribution in [0.1, 0.15) is 61.3 Å². The number of cyclic esters (lactones) is 1. The van der Waals surface area contributed by atoms with Crippen molar-refractivity contribution in [2.45, 2.75) is 58.3 Å². The fourth-order valence-corrected chi connectivity index (χ4v) is 6.71. The van der Waals surface area contributed by atoms with Crippen molar-refractivity contribution in [3.05, 3.63) is 101 Å². The number of carbonyl (C=O) groups is 3. The molecule has 1 aromatic heterocycles. The second-order valence-corrected chi connectivity index (χ2v) is 11.6. The van der Waals surface area contributed by atoms with Crippen molar-refractivity contribution in [2.75, 3.05) is 6.61 Å². The second-order valence-electron chi connectivity index (χ2n) is 11.6. The summed E-state index contributed by atoms with van der Waals surface area (Å²) in [5, 5.41) is 12.5. The number of aliphatic hydroxyl groups is 1. The van der Waals surface area contributed by atoms with Gasteiger partial charge in [0.05, 0.1) is 11.1 Å². The van der Waals surface area contributed by atoms with Gasteiger partial charge in [0.2, 0.25) is 0 Å². The minimum Gasteiger partial charge on any atom is -0.458 e. The van der Waals surface area contributed by atoms with Crippen molar-refractivity contribution < 1.29 is 33.7 Å². The highest BCUT2D eigenvalue weighted by molar-refractivity contribution is 5.90. The molecule has 2 aromatic rings. The van der Waals surface area contributed by atoms with E-state index in [1.165, 1.54) is 12.3 Å². The van der Waals surface area contributed by atoms with Crippen LogP contribution in [0.25, 0.3) is 0 Å². The van der Waals surface area contributed by atoms with Gasteiger partial charge in [-0.25, -0.2) is 14.4 Å². The van der Waals surface area contributed by atoms with Crippen molar-refractivity contribution in [1.29, 1.82) is 0 Å². The molecule has 8 heteroatoms. The lowest BCUT2D eigenvalue weighted by atomic mass is 9.44. The van der Waals surface area contributed by atoms with E-state index in [-0.39, 0.29) is 18.1 Å². The quantitative estimate of drug-likeness (QED) is 0.300. The van der Waals surface area contributed by atoms with Crippen LogP contribution < -0.4 is 0 Å². The van der Waals surface area contributed by atoms with Crippen LogP contribution >= 0.6 is 0 Å². The van der Waals surface area contributed by atoms with Crippen LogP contribution in [0, 0.1) is 16.7 Å². The molecule has 5 rings (SSSR count). The van der Waals surface area contributed by atoms with Gasteiger partial charge in [0.1, 0.15) is 12.2 Å². The van der Waals surface area contributed by atoms with Crippen molar-refractivity contribution in [3.8, 4) is 0 Å². The Bertz CT molecular complexity index is 1430. The van der Waals surface area contributed by atoms with Crippen LogP contribution in [0.4, 0.5) is 0 Å². The van der Waals surface area contributed by atoms with Gasteiger partial charge in [0, 0.05) is 29.3 Å². The molecule has 1 aliphatic heterocycles. The largest absolute Gasteiger partial charge is 0.458 e. The van der Waals surface area contributed by atoms with Gasteiger partial charge < -0.3 is 19.3 Å². The third-order valence-electron chi connectivity index (χ3n) is 9.42. The monoisotopic (exact) mass is 557 g/mol. The zero-order chi connectivity index (χ0) is 29.4. The molecule has 6 atom stereocenters. The molecule has 214 valence electrons. The number of esters is 3. The molecular weight excluding hydrogens is 522 g/mol. The summed E-state index contributed by atoms with van der Waals surface area (Å²) in [5.41, 5.74) is -1.25. The molecular formula is C33H35NO7. The molecule has 0 bridgehead atoms. The Kier molecular flexibility index (Phi) is 7.46. The molecule has 0 saturated heterocycles. The van der Waals surface area contributed by atoms with E-state index in [1.54, 1.807) is 61.7 Å². The number of ether oxygens (including phenoxy) is 3. The standard InChI is InChI=1S/C33H35NO7/c1-21-10-8-14-25-31(2,16-15-22-18-26(35)39-20-22)33(4,38)28(41-29(36)23-11-6-5-7-12-23)27(32(21,25)3)40-30(37)24-13-9-17-34-19-24/h5-7,9-13,15-19,25,27-28,38H,8,14,20H2,1-4H3/b16-15+/t25-,27+,28+,31+,32+,33+/m1/s1. The lowest BCUT2D eigenvalue weighted by Crippen LogP contribution is -2.72. The first kappa shape index (κ1) is 28.5. The molecule has 0 spiro atoms. The summed E-state index contributed by atoms with van der Waals surface area (Å²) >= 11 is 0. The lowest BCUT2D eigenvalue weighted by molar-refractivity contribution is -0.251. The normalized spacial score (nSPS) is 32.9. The smallest absolute Gasteiger partial charge is 0.340 e. The van der Waals surface area contributed by atoms with Gasteiger partial charge in [-0.2, -0.15) is 0 Å². The van der Waals surface area contributed by atoms with Gasteiger partial charge >= 0.3 is 17.9 Å². The Hall–Kier alpha value is -4.04. The molecule has 2 heterocycles. The number of aromatic nitrogens is 1. The highest BCUT2D eigenvalue weighted by atomic mass is 16.6. The zero-order valence-corrected chi connectivity index (χ0v) is 23.7. The van der Waals surface area contributed by atoms with Gasteiger partial charge in [-0.05, 0) is 62.4 Å². The fraction of sp³-hybridized carbons (Fsp3) is 0.394. The summed E-state index contributed by atoms with van der Waals surface area (Å²) in [5.74, 6) is -1.89. The maximum Gasteiger partial charge on any atom is 0.340 e. The predicted molar refractivity (Wildman–Crippen MR) is 151 cm³/mol. The van der Waals surface area contributed by atoms with Crippen molar-refractivity contribution in [2.24, 2.45) is 16.7 Å². The molecule has 1 aromatic carbocycles. The van der Waals surface area contributed by atoms with Gasteiger partial charge in [0.25, 0.3) is 0 Å². The topological polar surface area (TPSA) is 112 Å². The molecule has 8 nitrogen and oxygen atoms in total. The summed E-state index contributed by atoms with van der Waals surface area (Å²) in [7, 11) is 0. The molecule has 0 amide bonds. The summed E-state index contributed by atoms with van der Waals surface area (Å²) in [4.78, 5) is 42.7. The first-order valence-electron chi connectivity index (χ1n) is 13.8. The van der Waals surface area contributed by atoms with Crippen molar-refractivity contribution in [1.82, 2.24) is 4.98 Å². The first-order chi connectivity index (χ1) is 19.5. The predicted octanol–water partition coefficient (Wildman–Crippen LogP) is 5.01. The van der Waals surface area contributed by atoms with E-state index in [9.17, 15) is 19.5 Å². The van der Waals surface area contributed by atoms with E-state index in [0.29, 0.717) is 17.6 Å². The number of rotatable bonds is 6. The fourth-order valence-electron chi connectivity index (χ4n) is 6.71. The Morgan fingerprint density at radius 3 is 2.37 bits per heavy atom. The lowest BCUT2D eigenvalue weighted by Gasteiger charge is -2.64.